The fourth-order valence-corrected chi connectivity index (χ4v) is 4.48. The van der Waals surface area contributed by atoms with E-state index in [2.05, 4.69) is 76.2 Å². The number of hydrogen-bond acceptors (Lipinski definition) is 2. The summed E-state index contributed by atoms with van der Waals surface area (Å²) in [7, 11) is 0. The van der Waals surface area contributed by atoms with E-state index in [1.165, 1.54) is 86.8 Å². The number of benzene rings is 2. The summed E-state index contributed by atoms with van der Waals surface area (Å²) >= 11 is 0. The maximum absolute atomic E-state index is 5.34. The molecule has 0 saturated carbocycles. The molecule has 3 heteroatoms. The van der Waals surface area contributed by atoms with Crippen LogP contribution in [0.1, 0.15) is 122 Å². The molecule has 2 aromatic carbocycles. The van der Waals surface area contributed by atoms with E-state index >= 15 is 0 Å². The predicted octanol–water partition coefficient (Wildman–Crippen LogP) is 10.8. The van der Waals surface area contributed by atoms with Gasteiger partial charge in [0.1, 0.15) is 0 Å². The van der Waals surface area contributed by atoms with Crippen LogP contribution in [0, 0.1) is 0 Å². The molecule has 36 heavy (non-hydrogen) atoms. The Labute approximate surface area is 236 Å². The number of nitrogens with zero attached hydrogens (tertiary/aromatic N) is 2. The van der Waals surface area contributed by atoms with Gasteiger partial charge >= 0.3 is 0 Å². The molecular formula is C33H50N2Pd. The Balaban J connectivity index is 0.00000648. The van der Waals surface area contributed by atoms with Crippen LogP contribution in [0.4, 0.5) is 11.4 Å². The van der Waals surface area contributed by atoms with Gasteiger partial charge in [0, 0.05) is 20.4 Å². The third-order valence-corrected chi connectivity index (χ3v) is 6.58. The minimum atomic E-state index is 0. The Morgan fingerprint density at radius 1 is 0.528 bits per heavy atom. The van der Waals surface area contributed by atoms with Gasteiger partial charge in [-0.2, -0.15) is 0 Å². The second-order valence-corrected chi connectivity index (χ2v) is 9.94. The van der Waals surface area contributed by atoms with Gasteiger partial charge < -0.3 is 0 Å². The molecule has 0 amide bonds. The summed E-state index contributed by atoms with van der Waals surface area (Å²) in [6, 6.07) is 17.6. The Morgan fingerprint density at radius 2 is 1.00 bits per heavy atom. The molecule has 0 bridgehead atoms. The van der Waals surface area contributed by atoms with Gasteiger partial charge in [0.2, 0.25) is 0 Å². The van der Waals surface area contributed by atoms with Gasteiger partial charge in [-0.25, -0.2) is 0 Å². The van der Waals surface area contributed by atoms with Crippen molar-refractivity contribution in [3.63, 3.8) is 0 Å². The van der Waals surface area contributed by atoms with Gasteiger partial charge in [-0.1, -0.05) is 96.9 Å². The summed E-state index contributed by atoms with van der Waals surface area (Å²) in [5, 5.41) is 0. The number of unbranched alkanes of at least 4 members (excludes halogenated alkanes) is 7. The first-order valence-corrected chi connectivity index (χ1v) is 14.5. The van der Waals surface area contributed by atoms with Crippen LogP contribution >= 0.6 is 0 Å². The SMILES string of the molecule is CCCCCC(=Nc1ccccc1)C(CCCC)=Nc1cc(CCCCC)cc(CCCCC)c1.[Pd]. The van der Waals surface area contributed by atoms with Crippen molar-refractivity contribution >= 4 is 22.8 Å². The average Bonchev–Trinajstić information content (AvgIpc) is 2.87. The molecule has 0 fully saturated rings. The van der Waals surface area contributed by atoms with Crippen LogP contribution in [0.25, 0.3) is 0 Å². The summed E-state index contributed by atoms with van der Waals surface area (Å²) < 4.78 is 0. The van der Waals surface area contributed by atoms with Crippen molar-refractivity contribution < 1.29 is 20.4 Å². The van der Waals surface area contributed by atoms with E-state index in [-0.39, 0.29) is 20.4 Å². The smallest absolute Gasteiger partial charge is 0.0639 e. The molecule has 0 unspecified atom stereocenters. The Kier molecular flexibility index (Phi) is 18.5. The van der Waals surface area contributed by atoms with Crippen LogP contribution in [-0.2, 0) is 33.3 Å². The zero-order valence-electron chi connectivity index (χ0n) is 23.4. The first-order valence-electron chi connectivity index (χ1n) is 14.5. The molecule has 0 aliphatic rings. The van der Waals surface area contributed by atoms with Gasteiger partial charge in [-0.05, 0) is 86.8 Å². The van der Waals surface area contributed by atoms with E-state index < -0.39 is 0 Å². The van der Waals surface area contributed by atoms with Crippen molar-refractivity contribution in [2.75, 3.05) is 0 Å². The molecule has 0 spiro atoms. The average molecular weight is 581 g/mol. The minimum absolute atomic E-state index is 0. The molecule has 2 nitrogen and oxygen atoms in total. The molecular weight excluding hydrogens is 531 g/mol. The molecule has 0 heterocycles. The quantitative estimate of drug-likeness (QED) is 0.0951. The largest absolute Gasteiger partial charge is 0.252 e. The molecule has 0 aliphatic carbocycles. The summed E-state index contributed by atoms with van der Waals surface area (Å²) in [4.78, 5) is 10.5. The van der Waals surface area contributed by atoms with E-state index in [0.717, 1.165) is 43.5 Å². The van der Waals surface area contributed by atoms with Crippen LogP contribution < -0.4 is 0 Å². The van der Waals surface area contributed by atoms with Crippen molar-refractivity contribution in [1.29, 1.82) is 0 Å². The Morgan fingerprint density at radius 3 is 1.53 bits per heavy atom. The van der Waals surface area contributed by atoms with Crippen molar-refractivity contribution in [2.24, 2.45) is 9.98 Å². The predicted molar refractivity (Wildman–Crippen MR) is 157 cm³/mol. The molecule has 0 aromatic heterocycles. The van der Waals surface area contributed by atoms with Crippen LogP contribution in [-0.4, -0.2) is 11.4 Å². The summed E-state index contributed by atoms with van der Waals surface area (Å²) in [6.07, 6.45) is 17.9. The van der Waals surface area contributed by atoms with Crippen molar-refractivity contribution in [3.8, 4) is 0 Å². The van der Waals surface area contributed by atoms with Crippen molar-refractivity contribution in [2.45, 2.75) is 124 Å². The standard InChI is InChI=1S/C33H50N2.Pd/c1-5-9-14-19-28-25-29(20-15-10-6-2)27-31(26-28)35-32(23-12-8-4)33(24-16-11-7-3)34-30-21-17-13-18-22-30;/h13,17-18,21-22,25-27H,5-12,14-16,19-20,23-24H2,1-4H3;. The van der Waals surface area contributed by atoms with Crippen molar-refractivity contribution in [3.05, 3.63) is 59.7 Å². The zero-order valence-corrected chi connectivity index (χ0v) is 25.0. The first kappa shape index (κ1) is 32.5. The maximum Gasteiger partial charge on any atom is 0.0639 e. The van der Waals surface area contributed by atoms with Crippen LogP contribution in [0.15, 0.2) is 58.5 Å². The molecule has 2 aromatic rings. The van der Waals surface area contributed by atoms with E-state index in [0.29, 0.717) is 0 Å². The molecule has 0 radical (unpaired) electrons. The monoisotopic (exact) mass is 580 g/mol. The van der Waals surface area contributed by atoms with E-state index in [9.17, 15) is 0 Å². The van der Waals surface area contributed by atoms with E-state index in [1.54, 1.807) is 0 Å². The van der Waals surface area contributed by atoms with Gasteiger partial charge in [0.15, 0.2) is 0 Å². The minimum Gasteiger partial charge on any atom is -0.252 e. The third-order valence-electron chi connectivity index (χ3n) is 6.58. The third kappa shape index (κ3) is 13.1. The molecule has 2 rings (SSSR count). The van der Waals surface area contributed by atoms with Crippen molar-refractivity contribution in [1.82, 2.24) is 0 Å². The summed E-state index contributed by atoms with van der Waals surface area (Å²) in [5.41, 5.74) is 7.45. The molecule has 0 N–H and O–H groups in total. The zero-order chi connectivity index (χ0) is 25.1. The number of rotatable bonds is 18. The van der Waals surface area contributed by atoms with Gasteiger partial charge in [-0.3, -0.25) is 9.98 Å². The molecule has 0 atom stereocenters. The van der Waals surface area contributed by atoms with Gasteiger partial charge in [0.25, 0.3) is 0 Å². The van der Waals surface area contributed by atoms with Gasteiger partial charge in [-0.15, -0.1) is 0 Å². The number of aryl methyl sites for hydroxylation is 2. The van der Waals surface area contributed by atoms with E-state index in [1.807, 2.05) is 0 Å². The number of hydrogen-bond donors (Lipinski definition) is 0. The van der Waals surface area contributed by atoms with Crippen LogP contribution in [0.3, 0.4) is 0 Å². The van der Waals surface area contributed by atoms with Crippen LogP contribution in [0.5, 0.6) is 0 Å². The Bertz CT molecular complexity index is 858. The van der Waals surface area contributed by atoms with E-state index in [4.69, 9.17) is 9.98 Å². The second kappa shape index (κ2) is 20.5. The fraction of sp³-hybridized carbons (Fsp3) is 0.576. The summed E-state index contributed by atoms with van der Waals surface area (Å²) in [6.45, 7) is 9.10. The number of para-hydroxylation sites is 1. The fourth-order valence-electron chi connectivity index (χ4n) is 4.48. The second-order valence-electron chi connectivity index (χ2n) is 9.94. The molecule has 0 saturated heterocycles. The molecule has 202 valence electrons. The maximum atomic E-state index is 5.34. The Hall–Kier alpha value is -1.56. The molecule has 0 aliphatic heterocycles. The topological polar surface area (TPSA) is 24.7 Å². The summed E-state index contributed by atoms with van der Waals surface area (Å²) in [5.74, 6) is 0. The van der Waals surface area contributed by atoms with Gasteiger partial charge in [0.05, 0.1) is 22.8 Å². The number of aliphatic imine (C=N–C) groups is 2. The normalized spacial score (nSPS) is 12.0. The first-order chi connectivity index (χ1) is 17.2. The van der Waals surface area contributed by atoms with Crippen LogP contribution in [0.2, 0.25) is 0 Å².